The van der Waals surface area contributed by atoms with Gasteiger partial charge in [0.25, 0.3) is 10.1 Å². The summed E-state index contributed by atoms with van der Waals surface area (Å²) in [5, 5.41) is 19.5. The van der Waals surface area contributed by atoms with E-state index >= 15 is 0 Å². The van der Waals surface area contributed by atoms with Gasteiger partial charge in [-0.05, 0) is 42.7 Å². The van der Waals surface area contributed by atoms with E-state index < -0.39 is 10.1 Å². The lowest BCUT2D eigenvalue weighted by molar-refractivity contribution is 0.328. The molecule has 0 radical (unpaired) electrons. The van der Waals surface area contributed by atoms with Crippen LogP contribution in [-0.4, -0.2) is 25.2 Å². The van der Waals surface area contributed by atoms with Gasteiger partial charge >= 0.3 is 0 Å². The van der Waals surface area contributed by atoms with Crippen LogP contribution in [0.4, 0.5) is 0 Å². The molecule has 0 spiro atoms. The van der Waals surface area contributed by atoms with Crippen LogP contribution in [0.5, 0.6) is 11.5 Å². The van der Waals surface area contributed by atoms with E-state index in [0.29, 0.717) is 12.0 Å². The summed E-state index contributed by atoms with van der Waals surface area (Å²) in [5.74, 6) is -0.579. The van der Waals surface area contributed by atoms with Crippen LogP contribution in [0.2, 0.25) is 0 Å². The first kappa shape index (κ1) is 17.1. The summed E-state index contributed by atoms with van der Waals surface area (Å²) in [7, 11) is -3.81. The molecular formula is C17H18O5S. The van der Waals surface area contributed by atoms with Crippen molar-refractivity contribution in [2.45, 2.75) is 13.3 Å². The van der Waals surface area contributed by atoms with Crippen molar-refractivity contribution in [3.05, 3.63) is 64.6 Å². The second-order valence-electron chi connectivity index (χ2n) is 5.10. The van der Waals surface area contributed by atoms with E-state index in [-0.39, 0.29) is 18.1 Å². The van der Waals surface area contributed by atoms with Crippen molar-refractivity contribution in [2.75, 3.05) is 6.61 Å². The molecule has 0 atom stereocenters. The highest BCUT2D eigenvalue weighted by Crippen LogP contribution is 2.25. The minimum absolute atomic E-state index is 0.0521. The van der Waals surface area contributed by atoms with Crippen molar-refractivity contribution < 1.29 is 22.8 Å². The predicted octanol–water partition coefficient (Wildman–Crippen LogP) is 2.97. The third-order valence-corrected chi connectivity index (χ3v) is 4.15. The molecule has 5 nitrogen and oxygen atoms in total. The molecule has 0 fully saturated rings. The number of rotatable bonds is 6. The molecule has 23 heavy (non-hydrogen) atoms. The molecule has 0 unspecified atom stereocenters. The van der Waals surface area contributed by atoms with Crippen molar-refractivity contribution >= 4 is 16.2 Å². The largest absolute Gasteiger partial charge is 0.504 e. The van der Waals surface area contributed by atoms with Gasteiger partial charge in [-0.25, -0.2) is 0 Å². The number of phenols is 2. The molecule has 0 aromatic heterocycles. The Morgan fingerprint density at radius 3 is 2.39 bits per heavy atom. The van der Waals surface area contributed by atoms with Crippen LogP contribution in [0.15, 0.2) is 47.9 Å². The Labute approximate surface area is 135 Å². The fraction of sp³-hybridized carbons (Fsp3) is 0.176. The Morgan fingerprint density at radius 2 is 1.74 bits per heavy atom. The average Bonchev–Trinajstić information content (AvgIpc) is 2.50. The maximum Gasteiger partial charge on any atom is 0.290 e. The van der Waals surface area contributed by atoms with Crippen LogP contribution in [0.3, 0.4) is 0 Å². The smallest absolute Gasteiger partial charge is 0.290 e. The normalized spacial score (nSPS) is 11.9. The first-order valence-electron chi connectivity index (χ1n) is 7.01. The highest BCUT2D eigenvalue weighted by atomic mass is 32.2. The standard InChI is InChI=1S/C17H18O5S/c1-13-2-4-14(5-3-13)8-10-22-23(20,21)11-9-15-6-7-16(18)17(19)12-15/h2-7,9,11-12,18-19H,8,10H2,1H3/b11-9+. The lowest BCUT2D eigenvalue weighted by atomic mass is 10.1. The highest BCUT2D eigenvalue weighted by Gasteiger charge is 2.07. The van der Waals surface area contributed by atoms with E-state index in [4.69, 9.17) is 4.18 Å². The summed E-state index contributed by atoms with van der Waals surface area (Å²) >= 11 is 0. The molecule has 6 heteroatoms. The molecule has 2 N–H and O–H groups in total. The quantitative estimate of drug-likeness (QED) is 0.627. The number of phenolic OH excluding ortho intramolecular Hbond substituents is 2. The molecule has 0 amide bonds. The molecule has 2 rings (SSSR count). The van der Waals surface area contributed by atoms with Gasteiger partial charge in [0.05, 0.1) is 12.0 Å². The lowest BCUT2D eigenvalue weighted by Crippen LogP contribution is -2.05. The van der Waals surface area contributed by atoms with Crippen LogP contribution < -0.4 is 0 Å². The minimum atomic E-state index is -3.81. The summed E-state index contributed by atoms with van der Waals surface area (Å²) in [4.78, 5) is 0. The third-order valence-electron chi connectivity index (χ3n) is 3.19. The molecule has 122 valence electrons. The van der Waals surface area contributed by atoms with E-state index in [1.54, 1.807) is 0 Å². The Kier molecular flexibility index (Phi) is 5.41. The lowest BCUT2D eigenvalue weighted by Gasteiger charge is -2.03. The SMILES string of the molecule is Cc1ccc(CCOS(=O)(=O)/C=C/c2ccc(O)c(O)c2)cc1. The third kappa shape index (κ3) is 5.43. The Bertz CT molecular complexity index is 792. The predicted molar refractivity (Wildman–Crippen MR) is 88.6 cm³/mol. The Balaban J connectivity index is 1.92. The van der Waals surface area contributed by atoms with Crippen molar-refractivity contribution in [3.8, 4) is 11.5 Å². The maximum atomic E-state index is 11.8. The van der Waals surface area contributed by atoms with Gasteiger partial charge in [-0.15, -0.1) is 0 Å². The molecule has 0 bridgehead atoms. The van der Waals surface area contributed by atoms with Crippen LogP contribution in [0.1, 0.15) is 16.7 Å². The summed E-state index contributed by atoms with van der Waals surface area (Å²) in [6.07, 6.45) is 1.79. The van der Waals surface area contributed by atoms with Crippen LogP contribution in [-0.2, 0) is 20.7 Å². The van der Waals surface area contributed by atoms with Crippen LogP contribution >= 0.6 is 0 Å². The van der Waals surface area contributed by atoms with E-state index in [1.807, 2.05) is 31.2 Å². The first-order valence-corrected chi connectivity index (χ1v) is 8.48. The van der Waals surface area contributed by atoms with Gasteiger partial charge in [-0.3, -0.25) is 4.18 Å². The molecule has 0 aliphatic carbocycles. The number of aryl methyl sites for hydroxylation is 1. The van der Waals surface area contributed by atoms with Gasteiger partial charge in [0.15, 0.2) is 11.5 Å². The number of benzene rings is 2. The van der Waals surface area contributed by atoms with E-state index in [2.05, 4.69) is 0 Å². The molecule has 0 saturated carbocycles. The van der Waals surface area contributed by atoms with Crippen molar-refractivity contribution in [1.82, 2.24) is 0 Å². The fourth-order valence-corrected chi connectivity index (χ4v) is 2.59. The summed E-state index contributed by atoms with van der Waals surface area (Å²) < 4.78 is 28.5. The molecule has 0 heterocycles. The Morgan fingerprint density at radius 1 is 1.04 bits per heavy atom. The van der Waals surface area contributed by atoms with Gasteiger partial charge < -0.3 is 10.2 Å². The van der Waals surface area contributed by atoms with Gasteiger partial charge in [0, 0.05) is 0 Å². The zero-order valence-corrected chi connectivity index (χ0v) is 13.5. The van der Waals surface area contributed by atoms with Gasteiger partial charge in [0.1, 0.15) is 0 Å². The first-order chi connectivity index (χ1) is 10.9. The monoisotopic (exact) mass is 334 g/mol. The number of hydrogen-bond acceptors (Lipinski definition) is 5. The molecule has 2 aromatic rings. The van der Waals surface area contributed by atoms with Crippen molar-refractivity contribution in [3.63, 3.8) is 0 Å². The zero-order valence-electron chi connectivity index (χ0n) is 12.6. The van der Waals surface area contributed by atoms with E-state index in [0.717, 1.165) is 16.5 Å². The molecule has 0 saturated heterocycles. The topological polar surface area (TPSA) is 83.8 Å². The van der Waals surface area contributed by atoms with Crippen molar-refractivity contribution in [1.29, 1.82) is 0 Å². The molecule has 0 aliphatic rings. The van der Waals surface area contributed by atoms with Crippen LogP contribution in [0, 0.1) is 6.92 Å². The molecule has 0 aliphatic heterocycles. The van der Waals surface area contributed by atoms with Crippen molar-refractivity contribution in [2.24, 2.45) is 0 Å². The molecule has 2 aromatic carbocycles. The maximum absolute atomic E-state index is 11.8. The van der Waals surface area contributed by atoms with Gasteiger partial charge in [-0.1, -0.05) is 35.9 Å². The minimum Gasteiger partial charge on any atom is -0.504 e. The average molecular weight is 334 g/mol. The summed E-state index contributed by atoms with van der Waals surface area (Å²) in [6, 6.07) is 11.8. The van der Waals surface area contributed by atoms with Gasteiger partial charge in [-0.2, -0.15) is 8.42 Å². The van der Waals surface area contributed by atoms with E-state index in [9.17, 15) is 18.6 Å². The number of hydrogen-bond donors (Lipinski definition) is 2. The Hall–Kier alpha value is -2.31. The highest BCUT2D eigenvalue weighted by molar-refractivity contribution is 7.89. The summed E-state index contributed by atoms with van der Waals surface area (Å²) in [5.41, 5.74) is 2.58. The second kappa shape index (κ2) is 7.30. The van der Waals surface area contributed by atoms with Crippen LogP contribution in [0.25, 0.3) is 6.08 Å². The van der Waals surface area contributed by atoms with E-state index in [1.165, 1.54) is 24.3 Å². The molecular weight excluding hydrogens is 316 g/mol. The second-order valence-corrected chi connectivity index (χ2v) is 6.59. The zero-order chi connectivity index (χ0) is 16.9. The summed E-state index contributed by atoms with van der Waals surface area (Å²) in [6.45, 7) is 2.03. The van der Waals surface area contributed by atoms with Gasteiger partial charge in [0.2, 0.25) is 0 Å². The fourth-order valence-electron chi connectivity index (χ4n) is 1.88. The number of aromatic hydroxyl groups is 2.